The van der Waals surface area contributed by atoms with E-state index in [1.807, 2.05) is 30.3 Å². The van der Waals surface area contributed by atoms with Gasteiger partial charge in [0.1, 0.15) is 10.8 Å². The van der Waals surface area contributed by atoms with Crippen LogP contribution >= 0.6 is 11.6 Å². The van der Waals surface area contributed by atoms with Crippen LogP contribution in [0.1, 0.15) is 26.2 Å². The highest BCUT2D eigenvalue weighted by atomic mass is 35.5. The summed E-state index contributed by atoms with van der Waals surface area (Å²) >= 11 is 6.32. The van der Waals surface area contributed by atoms with Gasteiger partial charge in [-0.15, -0.1) is 0 Å². The first-order valence-electron chi connectivity index (χ1n) is 11.0. The molecule has 0 fully saturated rings. The van der Waals surface area contributed by atoms with Gasteiger partial charge in [0.25, 0.3) is 0 Å². The minimum atomic E-state index is -0.188. The van der Waals surface area contributed by atoms with Crippen molar-refractivity contribution in [3.05, 3.63) is 65.5 Å². The highest BCUT2D eigenvalue weighted by molar-refractivity contribution is 6.33. The number of amides is 1. The highest BCUT2D eigenvalue weighted by Gasteiger charge is 2.13. The Morgan fingerprint density at radius 2 is 1.83 bits per heavy atom. The molecule has 1 aromatic heterocycles. The fraction of sp³-hybridized carbons (Fsp3) is 0.200. The molecule has 1 aliphatic rings. The average Bonchev–Trinajstić information content (AvgIpc) is 2.83. The molecule has 0 bridgehead atoms. The Balaban J connectivity index is 1.53. The Kier molecular flexibility index (Phi) is 7.47. The van der Waals surface area contributed by atoms with Crippen LogP contribution in [0.3, 0.4) is 0 Å². The number of nitrogens with zero attached hydrogens (tertiary/aromatic N) is 2. The average molecular weight is 493 g/mol. The maximum Gasteiger partial charge on any atom is 0.229 e. The van der Waals surface area contributed by atoms with Gasteiger partial charge in [-0.2, -0.15) is 4.98 Å². The molecule has 0 saturated heterocycles. The topological polar surface area (TPSA) is 117 Å². The monoisotopic (exact) mass is 492 g/mol. The van der Waals surface area contributed by atoms with E-state index in [-0.39, 0.29) is 11.7 Å². The van der Waals surface area contributed by atoms with E-state index in [1.165, 1.54) is 13.1 Å². The highest BCUT2D eigenvalue weighted by Crippen LogP contribution is 2.33. The molecule has 10 heteroatoms. The molecular formula is C25H25ClN6O3. The molecular weight excluding hydrogens is 468 g/mol. The molecule has 4 N–H and O–H groups in total. The van der Waals surface area contributed by atoms with Gasteiger partial charge >= 0.3 is 0 Å². The number of benzene rings is 2. The lowest BCUT2D eigenvalue weighted by atomic mass is 10.0. The molecule has 35 heavy (non-hydrogen) atoms. The van der Waals surface area contributed by atoms with Crippen molar-refractivity contribution in [2.24, 2.45) is 0 Å². The summed E-state index contributed by atoms with van der Waals surface area (Å²) in [4.78, 5) is 31.9. The van der Waals surface area contributed by atoms with Gasteiger partial charge in [-0.25, -0.2) is 4.98 Å². The van der Waals surface area contributed by atoms with Gasteiger partial charge in [0.15, 0.2) is 11.6 Å². The van der Waals surface area contributed by atoms with Gasteiger partial charge in [-0.3, -0.25) is 9.59 Å². The molecule has 0 atom stereocenters. The normalized spacial score (nSPS) is 13.0. The zero-order valence-corrected chi connectivity index (χ0v) is 20.1. The van der Waals surface area contributed by atoms with E-state index in [2.05, 4.69) is 31.2 Å². The Morgan fingerprint density at radius 1 is 1.03 bits per heavy atom. The number of rotatable bonds is 8. The van der Waals surface area contributed by atoms with Gasteiger partial charge < -0.3 is 26.0 Å². The van der Waals surface area contributed by atoms with Crippen molar-refractivity contribution in [2.45, 2.75) is 26.2 Å². The number of anilines is 6. The molecule has 1 amide bonds. The second-order valence-corrected chi connectivity index (χ2v) is 8.30. The molecule has 0 aliphatic heterocycles. The maximum atomic E-state index is 11.7. The van der Waals surface area contributed by atoms with Gasteiger partial charge in [-0.05, 0) is 37.1 Å². The predicted molar refractivity (Wildman–Crippen MR) is 138 cm³/mol. The van der Waals surface area contributed by atoms with Crippen molar-refractivity contribution in [2.75, 3.05) is 28.4 Å². The first kappa shape index (κ1) is 24.0. The summed E-state index contributed by atoms with van der Waals surface area (Å²) in [6, 6.07) is 12.8. The van der Waals surface area contributed by atoms with Gasteiger partial charge in [0, 0.05) is 36.9 Å². The standard InChI is InChI=1S/C25H25ClN6O3/c1-15(33)28-20-8-3-4-9-21(20)30-24-19(26)14-27-25(32-24)31-22-11-10-17(13-23(22)35-2)29-16-6-5-7-18(34)12-16/h3-4,8-14,29H,5-7H2,1-2H3,(H,28,33)(H2,27,30,31,32). The number of hydrogen-bond acceptors (Lipinski definition) is 8. The summed E-state index contributed by atoms with van der Waals surface area (Å²) in [6.07, 6.45) is 5.40. The molecule has 3 aromatic rings. The van der Waals surface area contributed by atoms with E-state index in [4.69, 9.17) is 16.3 Å². The first-order chi connectivity index (χ1) is 16.9. The van der Waals surface area contributed by atoms with Crippen LogP contribution in [0.2, 0.25) is 5.02 Å². The number of para-hydroxylation sites is 2. The molecule has 2 aromatic carbocycles. The Morgan fingerprint density at radius 3 is 2.57 bits per heavy atom. The van der Waals surface area contributed by atoms with Gasteiger partial charge in [0.05, 0.1) is 30.4 Å². The summed E-state index contributed by atoms with van der Waals surface area (Å²) in [7, 11) is 1.57. The van der Waals surface area contributed by atoms with Crippen molar-refractivity contribution in [3.8, 4) is 5.75 Å². The number of carbonyl (C=O) groups is 2. The Hall–Kier alpha value is -4.11. The molecule has 0 radical (unpaired) electrons. The van der Waals surface area contributed by atoms with E-state index in [0.717, 1.165) is 24.2 Å². The largest absolute Gasteiger partial charge is 0.494 e. The summed E-state index contributed by atoms with van der Waals surface area (Å²) < 4.78 is 5.54. The summed E-state index contributed by atoms with van der Waals surface area (Å²) in [6.45, 7) is 1.44. The molecule has 1 heterocycles. The molecule has 180 valence electrons. The lowest BCUT2D eigenvalue weighted by Crippen LogP contribution is -2.09. The van der Waals surface area contributed by atoms with Crippen molar-refractivity contribution in [3.63, 3.8) is 0 Å². The fourth-order valence-corrected chi connectivity index (χ4v) is 3.74. The number of ketones is 1. The van der Waals surface area contributed by atoms with Crippen LogP contribution in [-0.4, -0.2) is 28.8 Å². The Labute approximate surface area is 208 Å². The molecule has 1 aliphatic carbocycles. The minimum Gasteiger partial charge on any atom is -0.494 e. The van der Waals surface area contributed by atoms with Crippen LogP contribution in [0.5, 0.6) is 5.75 Å². The number of carbonyl (C=O) groups excluding carboxylic acids is 2. The summed E-state index contributed by atoms with van der Waals surface area (Å²) in [5.74, 6) is 1.18. The van der Waals surface area contributed by atoms with E-state index >= 15 is 0 Å². The van der Waals surface area contributed by atoms with Crippen molar-refractivity contribution in [1.29, 1.82) is 0 Å². The summed E-state index contributed by atoms with van der Waals surface area (Å²) in [5, 5.41) is 12.7. The van der Waals surface area contributed by atoms with Gasteiger partial charge in [-0.1, -0.05) is 23.7 Å². The van der Waals surface area contributed by atoms with Crippen molar-refractivity contribution >= 4 is 57.8 Å². The van der Waals surface area contributed by atoms with Crippen LogP contribution < -0.4 is 26.0 Å². The number of halogens is 1. The molecule has 9 nitrogen and oxygen atoms in total. The van der Waals surface area contributed by atoms with E-state index in [1.54, 1.807) is 25.3 Å². The minimum absolute atomic E-state index is 0.132. The molecule has 0 unspecified atom stereocenters. The second-order valence-electron chi connectivity index (χ2n) is 7.90. The molecule has 4 rings (SSSR count). The number of ether oxygens (including phenoxy) is 1. The predicted octanol–water partition coefficient (Wildman–Crippen LogP) is 5.63. The number of methoxy groups -OCH3 is 1. The smallest absolute Gasteiger partial charge is 0.229 e. The van der Waals surface area contributed by atoms with E-state index < -0.39 is 0 Å². The second kappa shape index (κ2) is 10.9. The number of allylic oxidation sites excluding steroid dienone is 2. The van der Waals surface area contributed by atoms with E-state index in [0.29, 0.717) is 46.0 Å². The molecule has 0 saturated carbocycles. The lowest BCUT2D eigenvalue weighted by molar-refractivity contribution is -0.115. The van der Waals surface area contributed by atoms with Crippen molar-refractivity contribution < 1.29 is 14.3 Å². The third-order valence-corrected chi connectivity index (χ3v) is 5.47. The summed E-state index contributed by atoms with van der Waals surface area (Å²) in [5.41, 5.74) is 3.59. The Bertz CT molecular complexity index is 1290. The third kappa shape index (κ3) is 6.27. The van der Waals surface area contributed by atoms with E-state index in [9.17, 15) is 9.59 Å². The quantitative estimate of drug-likeness (QED) is 0.319. The number of hydrogen-bond donors (Lipinski definition) is 4. The fourth-order valence-electron chi connectivity index (χ4n) is 3.60. The first-order valence-corrected chi connectivity index (χ1v) is 11.4. The number of nitrogens with one attached hydrogen (secondary N) is 4. The number of aromatic nitrogens is 2. The lowest BCUT2D eigenvalue weighted by Gasteiger charge is -2.17. The van der Waals surface area contributed by atoms with Crippen LogP contribution in [0.25, 0.3) is 0 Å². The van der Waals surface area contributed by atoms with Crippen LogP contribution in [0, 0.1) is 0 Å². The zero-order chi connectivity index (χ0) is 24.8. The SMILES string of the molecule is COc1cc(NC2=CC(=O)CCC2)ccc1Nc1ncc(Cl)c(Nc2ccccc2NC(C)=O)n1. The maximum absolute atomic E-state index is 11.7. The van der Waals surface area contributed by atoms with Gasteiger partial charge in [0.2, 0.25) is 11.9 Å². The zero-order valence-electron chi connectivity index (χ0n) is 19.3. The molecule has 0 spiro atoms. The van der Waals surface area contributed by atoms with Crippen LogP contribution in [-0.2, 0) is 9.59 Å². The third-order valence-electron chi connectivity index (χ3n) is 5.19. The van der Waals surface area contributed by atoms with Crippen LogP contribution in [0.4, 0.5) is 34.5 Å². The van der Waals surface area contributed by atoms with Crippen LogP contribution in [0.15, 0.2) is 60.4 Å². The van der Waals surface area contributed by atoms with Crippen molar-refractivity contribution in [1.82, 2.24) is 9.97 Å².